The number of hydrogen-bond acceptors (Lipinski definition) is 4. The Kier molecular flexibility index (Phi) is 2.85. The molecule has 1 aromatic rings. The molecule has 6 heteroatoms. The Morgan fingerprint density at radius 2 is 2.29 bits per heavy atom. The first-order chi connectivity index (χ1) is 6.54. The van der Waals surface area contributed by atoms with Gasteiger partial charge in [0.25, 0.3) is 5.56 Å². The standard InChI is InChI=1S/C8H11N3O3/c1-2-4-5(3-6(12)13)10-8(9)11-7(4)14/h2-3H2,1H3,(H,12,13)(H3,9,10,11,14). The summed E-state index contributed by atoms with van der Waals surface area (Å²) in [5, 5.41) is 8.58. The molecule has 0 atom stereocenters. The number of rotatable bonds is 3. The van der Waals surface area contributed by atoms with Crippen LogP contribution in [0.1, 0.15) is 18.2 Å². The van der Waals surface area contributed by atoms with Crippen LogP contribution in [0.5, 0.6) is 0 Å². The summed E-state index contributed by atoms with van der Waals surface area (Å²) in [6.07, 6.45) is 0.155. The molecule has 0 unspecified atom stereocenters. The molecule has 1 rings (SSSR count). The van der Waals surface area contributed by atoms with E-state index in [2.05, 4.69) is 9.97 Å². The van der Waals surface area contributed by atoms with Crippen LogP contribution < -0.4 is 11.3 Å². The van der Waals surface area contributed by atoms with Gasteiger partial charge in [-0.1, -0.05) is 6.92 Å². The predicted molar refractivity (Wildman–Crippen MR) is 50.0 cm³/mol. The molecule has 6 nitrogen and oxygen atoms in total. The molecule has 0 aliphatic rings. The van der Waals surface area contributed by atoms with Gasteiger partial charge in [-0.25, -0.2) is 4.98 Å². The number of H-pyrrole nitrogens is 1. The van der Waals surface area contributed by atoms with Gasteiger partial charge in [-0.15, -0.1) is 0 Å². The van der Waals surface area contributed by atoms with Crippen LogP contribution in [-0.2, 0) is 17.6 Å². The van der Waals surface area contributed by atoms with Crippen molar-refractivity contribution < 1.29 is 9.90 Å². The van der Waals surface area contributed by atoms with Crippen molar-refractivity contribution in [1.82, 2.24) is 9.97 Å². The number of aliphatic carboxylic acids is 1. The van der Waals surface area contributed by atoms with Gasteiger partial charge < -0.3 is 10.8 Å². The topological polar surface area (TPSA) is 109 Å². The molecule has 76 valence electrons. The molecule has 1 heterocycles. The number of nitrogens with two attached hydrogens (primary N) is 1. The number of aromatic amines is 1. The smallest absolute Gasteiger partial charge is 0.309 e. The largest absolute Gasteiger partial charge is 0.481 e. The number of carbonyl (C=O) groups is 1. The van der Waals surface area contributed by atoms with E-state index in [1.807, 2.05) is 0 Å². The zero-order valence-electron chi connectivity index (χ0n) is 7.70. The van der Waals surface area contributed by atoms with Gasteiger partial charge >= 0.3 is 5.97 Å². The maximum Gasteiger partial charge on any atom is 0.309 e. The number of aromatic nitrogens is 2. The summed E-state index contributed by atoms with van der Waals surface area (Å²) in [4.78, 5) is 27.9. The highest BCUT2D eigenvalue weighted by Crippen LogP contribution is 2.03. The molecule has 0 aliphatic carbocycles. The van der Waals surface area contributed by atoms with Crippen LogP contribution >= 0.6 is 0 Å². The normalized spacial score (nSPS) is 10.1. The SMILES string of the molecule is CCc1c(CC(=O)O)nc(N)[nH]c1=O. The maximum atomic E-state index is 11.3. The highest BCUT2D eigenvalue weighted by atomic mass is 16.4. The quantitative estimate of drug-likeness (QED) is 0.607. The van der Waals surface area contributed by atoms with Crippen LogP contribution in [-0.4, -0.2) is 21.0 Å². The highest BCUT2D eigenvalue weighted by molar-refractivity contribution is 5.70. The first kappa shape index (κ1) is 10.2. The summed E-state index contributed by atoms with van der Waals surface area (Å²) < 4.78 is 0. The van der Waals surface area contributed by atoms with Crippen molar-refractivity contribution in [2.24, 2.45) is 0 Å². The van der Waals surface area contributed by atoms with Crippen molar-refractivity contribution in [2.75, 3.05) is 5.73 Å². The van der Waals surface area contributed by atoms with Gasteiger partial charge in [-0.05, 0) is 6.42 Å². The van der Waals surface area contributed by atoms with Gasteiger partial charge in [-0.3, -0.25) is 14.6 Å². The number of nitrogen functional groups attached to an aromatic ring is 1. The molecule has 0 fully saturated rings. The Morgan fingerprint density at radius 1 is 1.64 bits per heavy atom. The van der Waals surface area contributed by atoms with Crippen LogP contribution in [0.15, 0.2) is 4.79 Å². The number of carboxylic acid groups (broad SMARTS) is 1. The van der Waals surface area contributed by atoms with E-state index in [4.69, 9.17) is 10.8 Å². The summed E-state index contributed by atoms with van der Waals surface area (Å²) in [7, 11) is 0. The van der Waals surface area contributed by atoms with Crippen LogP contribution in [0, 0.1) is 0 Å². The van der Waals surface area contributed by atoms with Gasteiger partial charge in [0.05, 0.1) is 12.1 Å². The number of nitrogens with zero attached hydrogens (tertiary/aromatic N) is 1. The minimum Gasteiger partial charge on any atom is -0.481 e. The van der Waals surface area contributed by atoms with Crippen molar-refractivity contribution in [3.63, 3.8) is 0 Å². The Bertz CT molecular complexity index is 411. The minimum atomic E-state index is -1.03. The van der Waals surface area contributed by atoms with E-state index in [1.165, 1.54) is 0 Å². The Balaban J connectivity index is 3.25. The average Bonchev–Trinajstić information content (AvgIpc) is 2.01. The number of hydrogen-bond donors (Lipinski definition) is 3. The molecular weight excluding hydrogens is 186 g/mol. The van der Waals surface area contributed by atoms with E-state index >= 15 is 0 Å². The van der Waals surface area contributed by atoms with Crippen molar-refractivity contribution >= 4 is 11.9 Å². The second kappa shape index (κ2) is 3.91. The molecular formula is C8H11N3O3. The number of carboxylic acids is 1. The zero-order valence-corrected chi connectivity index (χ0v) is 7.70. The lowest BCUT2D eigenvalue weighted by atomic mass is 10.1. The fourth-order valence-corrected chi connectivity index (χ4v) is 1.22. The summed E-state index contributed by atoms with van der Waals surface area (Å²) in [6, 6.07) is 0. The third-order valence-corrected chi connectivity index (χ3v) is 1.79. The summed E-state index contributed by atoms with van der Waals surface area (Å²) >= 11 is 0. The Hall–Kier alpha value is -1.85. The molecule has 0 radical (unpaired) electrons. The van der Waals surface area contributed by atoms with E-state index in [0.29, 0.717) is 12.0 Å². The molecule has 0 bridgehead atoms. The van der Waals surface area contributed by atoms with Crippen LogP contribution in [0.25, 0.3) is 0 Å². The first-order valence-corrected chi connectivity index (χ1v) is 4.14. The average molecular weight is 197 g/mol. The van der Waals surface area contributed by atoms with Crippen LogP contribution in [0.2, 0.25) is 0 Å². The lowest BCUT2D eigenvalue weighted by Crippen LogP contribution is -2.20. The highest BCUT2D eigenvalue weighted by Gasteiger charge is 2.11. The molecule has 0 amide bonds. The second-order valence-corrected chi connectivity index (χ2v) is 2.80. The lowest BCUT2D eigenvalue weighted by Gasteiger charge is -2.03. The van der Waals surface area contributed by atoms with E-state index in [9.17, 15) is 9.59 Å². The predicted octanol–water partition coefficient (Wildman–Crippen LogP) is -0.458. The summed E-state index contributed by atoms with van der Waals surface area (Å²) in [5.74, 6) is -1.08. The van der Waals surface area contributed by atoms with Gasteiger partial charge in [0.1, 0.15) is 0 Å². The molecule has 1 aromatic heterocycles. The van der Waals surface area contributed by atoms with Crippen molar-refractivity contribution in [3.05, 3.63) is 21.6 Å². The van der Waals surface area contributed by atoms with E-state index in [0.717, 1.165) is 0 Å². The molecule has 0 saturated heterocycles. The second-order valence-electron chi connectivity index (χ2n) is 2.80. The molecule has 0 spiro atoms. The van der Waals surface area contributed by atoms with Crippen molar-refractivity contribution in [2.45, 2.75) is 19.8 Å². The lowest BCUT2D eigenvalue weighted by molar-refractivity contribution is -0.136. The third kappa shape index (κ3) is 2.09. The number of nitrogens with one attached hydrogen (secondary N) is 1. The van der Waals surface area contributed by atoms with Gasteiger partial charge in [0, 0.05) is 5.56 Å². The van der Waals surface area contributed by atoms with Gasteiger partial charge in [0.15, 0.2) is 0 Å². The van der Waals surface area contributed by atoms with Crippen molar-refractivity contribution in [3.8, 4) is 0 Å². The molecule has 0 saturated carbocycles. The van der Waals surface area contributed by atoms with Crippen molar-refractivity contribution in [1.29, 1.82) is 0 Å². The first-order valence-electron chi connectivity index (χ1n) is 4.14. The maximum absolute atomic E-state index is 11.3. The van der Waals surface area contributed by atoms with E-state index in [-0.39, 0.29) is 23.6 Å². The Morgan fingerprint density at radius 3 is 2.79 bits per heavy atom. The molecule has 14 heavy (non-hydrogen) atoms. The van der Waals surface area contributed by atoms with Crippen LogP contribution in [0.4, 0.5) is 5.95 Å². The minimum absolute atomic E-state index is 0.0524. The fourth-order valence-electron chi connectivity index (χ4n) is 1.22. The monoisotopic (exact) mass is 197 g/mol. The fraction of sp³-hybridized carbons (Fsp3) is 0.375. The zero-order chi connectivity index (χ0) is 10.7. The molecule has 0 aromatic carbocycles. The molecule has 0 aliphatic heterocycles. The Labute approximate surface area is 79.8 Å². The van der Waals surface area contributed by atoms with E-state index in [1.54, 1.807) is 6.92 Å². The molecule has 4 N–H and O–H groups in total. The summed E-state index contributed by atoms with van der Waals surface area (Å²) in [6.45, 7) is 1.76. The summed E-state index contributed by atoms with van der Waals surface area (Å²) in [5.41, 5.74) is 5.55. The van der Waals surface area contributed by atoms with Gasteiger partial charge in [0.2, 0.25) is 5.95 Å². The van der Waals surface area contributed by atoms with Crippen LogP contribution in [0.3, 0.4) is 0 Å². The third-order valence-electron chi connectivity index (χ3n) is 1.79. The van der Waals surface area contributed by atoms with Gasteiger partial charge in [-0.2, -0.15) is 0 Å². The van der Waals surface area contributed by atoms with E-state index < -0.39 is 5.97 Å². The number of anilines is 1.